The molecule has 3 aliphatic rings. The van der Waals surface area contributed by atoms with E-state index in [2.05, 4.69) is 5.32 Å². The molecule has 7 N–H and O–H groups in total. The minimum Gasteiger partial charge on any atom is -0.510 e. The van der Waals surface area contributed by atoms with Crippen molar-refractivity contribution in [2.24, 2.45) is 17.6 Å². The zero-order valence-corrected chi connectivity index (χ0v) is 24.0. The second-order valence-corrected chi connectivity index (χ2v) is 11.1. The number of nitrogens with one attached hydrogen (secondary N) is 1. The van der Waals surface area contributed by atoms with E-state index < -0.39 is 64.3 Å². The highest BCUT2D eigenvalue weighted by Crippen LogP contribution is 2.53. The molecule has 0 heterocycles. The van der Waals surface area contributed by atoms with E-state index in [1.165, 1.54) is 19.1 Å². The lowest BCUT2D eigenvalue weighted by Crippen LogP contribution is -2.63. The Balaban J connectivity index is 1.86. The lowest BCUT2D eigenvalue weighted by molar-refractivity contribution is -0.148. The van der Waals surface area contributed by atoms with Gasteiger partial charge in [-0.1, -0.05) is 0 Å². The van der Waals surface area contributed by atoms with Gasteiger partial charge in [0, 0.05) is 64.1 Å². The van der Waals surface area contributed by atoms with E-state index in [0.717, 1.165) is 0 Å². The van der Waals surface area contributed by atoms with Crippen LogP contribution in [0.25, 0.3) is 0 Å². The van der Waals surface area contributed by atoms with Gasteiger partial charge in [-0.25, -0.2) is 0 Å². The Kier molecular flexibility index (Phi) is 8.22. The summed E-state index contributed by atoms with van der Waals surface area (Å²) in [5, 5.41) is 48.6. The first-order valence-electron chi connectivity index (χ1n) is 13.2. The van der Waals surface area contributed by atoms with Gasteiger partial charge in [-0.15, -0.1) is 0 Å². The number of hydrogen-bond donors (Lipinski definition) is 6. The van der Waals surface area contributed by atoms with Crippen molar-refractivity contribution in [2.45, 2.75) is 37.3 Å². The first-order chi connectivity index (χ1) is 19.2. The van der Waals surface area contributed by atoms with E-state index in [-0.39, 0.29) is 36.3 Å². The highest BCUT2D eigenvalue weighted by molar-refractivity contribution is 6.24. The molecule has 0 saturated heterocycles. The Morgan fingerprint density at radius 3 is 2.34 bits per heavy atom. The molecule has 41 heavy (non-hydrogen) atoms. The molecule has 0 radical (unpaired) electrons. The summed E-state index contributed by atoms with van der Waals surface area (Å²) in [4.78, 5) is 43.0. The predicted molar refractivity (Wildman–Crippen MR) is 148 cm³/mol. The van der Waals surface area contributed by atoms with Crippen molar-refractivity contribution < 1.29 is 44.3 Å². The number of aliphatic hydroxyl groups is 3. The summed E-state index contributed by atoms with van der Waals surface area (Å²) in [6.07, 6.45) is -0.294. The average molecular weight is 575 g/mol. The van der Waals surface area contributed by atoms with Crippen molar-refractivity contribution in [3.8, 4) is 5.75 Å². The van der Waals surface area contributed by atoms with Crippen molar-refractivity contribution in [3.05, 3.63) is 45.4 Å². The quantitative estimate of drug-likeness (QED) is 0.170. The van der Waals surface area contributed by atoms with Gasteiger partial charge < -0.3 is 45.9 Å². The molecule has 0 aliphatic heterocycles. The van der Waals surface area contributed by atoms with E-state index in [1.807, 2.05) is 4.90 Å². The number of likely N-dealkylation sites (N-methyl/N-ethyl adjacent to an activating group) is 1. The molecule has 0 aromatic heterocycles. The molecule has 4 rings (SSSR count). The van der Waals surface area contributed by atoms with Crippen LogP contribution < -0.4 is 16.0 Å². The number of allylic oxidation sites excluding steroid dienone is 1. The molecule has 0 saturated carbocycles. The monoisotopic (exact) mass is 574 g/mol. The molecule has 1 aromatic carbocycles. The maximum absolute atomic E-state index is 14.1. The number of hydrogen-bond acceptors (Lipinski definition) is 12. The molecular weight excluding hydrogens is 536 g/mol. The van der Waals surface area contributed by atoms with E-state index in [1.54, 1.807) is 34.3 Å². The van der Waals surface area contributed by atoms with E-state index in [0.29, 0.717) is 23.4 Å². The number of amides is 1. The molecule has 224 valence electrons. The Hall–Kier alpha value is -3.49. The van der Waals surface area contributed by atoms with Crippen molar-refractivity contribution >= 4 is 23.2 Å². The fourth-order valence-electron chi connectivity index (χ4n) is 6.47. The third-order valence-electron chi connectivity index (χ3n) is 8.41. The van der Waals surface area contributed by atoms with Crippen LogP contribution in [0.15, 0.2) is 28.7 Å². The first kappa shape index (κ1) is 30.5. The number of carbonyl (C=O) groups is 3. The topological polar surface area (TPSA) is 195 Å². The molecule has 4 unspecified atom stereocenters. The van der Waals surface area contributed by atoms with Crippen molar-refractivity contribution in [3.63, 3.8) is 0 Å². The summed E-state index contributed by atoms with van der Waals surface area (Å²) in [5.41, 5.74) is 3.27. The maximum atomic E-state index is 14.1. The number of methoxy groups -OCH3 is 2. The van der Waals surface area contributed by atoms with Crippen LogP contribution in [0.4, 0.5) is 5.69 Å². The van der Waals surface area contributed by atoms with Crippen LogP contribution in [0, 0.1) is 11.8 Å². The Labute approximate surface area is 237 Å². The number of fused-ring (bicyclic) bond motifs is 3. The Morgan fingerprint density at radius 1 is 1.17 bits per heavy atom. The van der Waals surface area contributed by atoms with Crippen LogP contribution in [0.2, 0.25) is 0 Å². The molecule has 1 aromatic rings. The standard InChI is InChI=1S/C28H38N4O9/c1-31(2)16-9-13(10-30-11-17(40-5)41-6)22(33)19-14(16)7-12-8-15-21(32(3)4)24(35)20(27(29)38)26(37)28(15,39)25(36)18(12)23(19)34/h9,12,15,17,21,30,33,35-36,39H,7-8,10-11H2,1-6H3,(H2,29,38). The summed E-state index contributed by atoms with van der Waals surface area (Å²) in [6, 6.07) is 0.732. The van der Waals surface area contributed by atoms with Gasteiger partial charge in [0.1, 0.15) is 22.8 Å². The number of nitrogens with zero attached hydrogens (tertiary/aromatic N) is 2. The number of carbonyl (C=O) groups excluding carboxylic acids is 3. The molecule has 3 aliphatic carbocycles. The molecular formula is C28H38N4O9. The van der Waals surface area contributed by atoms with Gasteiger partial charge in [0.2, 0.25) is 5.78 Å². The summed E-state index contributed by atoms with van der Waals surface area (Å²) >= 11 is 0. The van der Waals surface area contributed by atoms with Gasteiger partial charge >= 0.3 is 0 Å². The SMILES string of the molecule is COC(CNCc1cc(N(C)C)c2c(c1O)C(=O)C1=C(O)C3(O)C(=O)C(C(N)=O)=C(O)C(N(C)C)C3CC1C2)OC. The van der Waals surface area contributed by atoms with Crippen LogP contribution in [0.1, 0.15) is 27.9 Å². The maximum Gasteiger partial charge on any atom is 0.255 e. The average Bonchev–Trinajstić information content (AvgIpc) is 2.89. The summed E-state index contributed by atoms with van der Waals surface area (Å²) in [5.74, 6) is -6.78. The number of rotatable bonds is 9. The number of ether oxygens (including phenoxy) is 2. The second-order valence-electron chi connectivity index (χ2n) is 11.1. The lowest BCUT2D eigenvalue weighted by atomic mass is 9.58. The van der Waals surface area contributed by atoms with Gasteiger partial charge in [0.15, 0.2) is 17.7 Å². The van der Waals surface area contributed by atoms with Gasteiger partial charge in [-0.3, -0.25) is 19.3 Å². The van der Waals surface area contributed by atoms with Gasteiger partial charge in [0.05, 0.1) is 11.6 Å². The van der Waals surface area contributed by atoms with Crippen LogP contribution >= 0.6 is 0 Å². The largest absolute Gasteiger partial charge is 0.510 e. The third-order valence-corrected chi connectivity index (χ3v) is 8.41. The molecule has 0 spiro atoms. The normalized spacial score (nSPS) is 25.9. The molecule has 0 fully saturated rings. The zero-order chi connectivity index (χ0) is 30.5. The zero-order valence-electron chi connectivity index (χ0n) is 24.0. The highest BCUT2D eigenvalue weighted by Gasteiger charge is 2.63. The Bertz CT molecular complexity index is 1350. The number of aromatic hydroxyl groups is 1. The van der Waals surface area contributed by atoms with E-state index in [4.69, 9.17) is 15.2 Å². The van der Waals surface area contributed by atoms with Crippen LogP contribution in [-0.2, 0) is 32.0 Å². The number of anilines is 1. The highest BCUT2D eigenvalue weighted by atomic mass is 16.7. The molecule has 1 amide bonds. The van der Waals surface area contributed by atoms with Crippen LogP contribution in [0.5, 0.6) is 5.75 Å². The minimum atomic E-state index is -2.68. The lowest BCUT2D eigenvalue weighted by Gasteiger charge is -2.50. The number of benzene rings is 1. The van der Waals surface area contributed by atoms with Crippen LogP contribution in [0.3, 0.4) is 0 Å². The number of ketones is 2. The molecule has 13 heteroatoms. The number of phenols is 1. The first-order valence-corrected chi connectivity index (χ1v) is 13.2. The third kappa shape index (κ3) is 4.67. The number of aliphatic hydroxyl groups excluding tert-OH is 2. The molecule has 13 nitrogen and oxygen atoms in total. The van der Waals surface area contributed by atoms with Crippen molar-refractivity contribution in [1.82, 2.24) is 10.2 Å². The van der Waals surface area contributed by atoms with Crippen molar-refractivity contribution in [1.29, 1.82) is 0 Å². The minimum absolute atomic E-state index is 0.0259. The van der Waals surface area contributed by atoms with Gasteiger partial charge in [-0.05, 0) is 44.5 Å². The number of Topliss-reactive ketones (excluding diaryl/α,β-unsaturated/α-hetero) is 2. The van der Waals surface area contributed by atoms with E-state index in [9.17, 15) is 34.8 Å². The van der Waals surface area contributed by atoms with E-state index >= 15 is 0 Å². The summed E-state index contributed by atoms with van der Waals surface area (Å²) in [7, 11) is 9.78. The molecule has 0 bridgehead atoms. The smallest absolute Gasteiger partial charge is 0.255 e. The number of nitrogens with two attached hydrogens (primary N) is 1. The number of phenolic OH excluding ortho intramolecular Hbond substituents is 1. The molecule has 4 atom stereocenters. The number of primary amides is 1. The van der Waals surface area contributed by atoms with Gasteiger partial charge in [-0.2, -0.15) is 0 Å². The Morgan fingerprint density at radius 2 is 1.80 bits per heavy atom. The second kappa shape index (κ2) is 11.1. The summed E-state index contributed by atoms with van der Waals surface area (Å²) in [6.45, 7) is 0.459. The van der Waals surface area contributed by atoms with Gasteiger partial charge in [0.25, 0.3) is 5.91 Å². The fourth-order valence-corrected chi connectivity index (χ4v) is 6.47. The fraction of sp³-hybridized carbons (Fsp3) is 0.536. The predicted octanol–water partition coefficient (Wildman–Crippen LogP) is -0.105. The van der Waals surface area contributed by atoms with Crippen molar-refractivity contribution in [2.75, 3.05) is 53.9 Å². The van der Waals surface area contributed by atoms with Crippen LogP contribution in [-0.4, -0.2) is 110 Å². The summed E-state index contributed by atoms with van der Waals surface area (Å²) < 4.78 is 10.4.